The first kappa shape index (κ1) is 22.2. The van der Waals surface area contributed by atoms with Crippen LogP contribution in [0.3, 0.4) is 0 Å². The third kappa shape index (κ3) is 3.68. The molecule has 1 unspecified atom stereocenters. The Kier molecular flexibility index (Phi) is 5.41. The van der Waals surface area contributed by atoms with Gasteiger partial charge in [0.15, 0.2) is 0 Å². The van der Waals surface area contributed by atoms with E-state index in [9.17, 15) is 26.3 Å². The van der Waals surface area contributed by atoms with Gasteiger partial charge in [-0.3, -0.25) is 0 Å². The molecule has 0 amide bonds. The summed E-state index contributed by atoms with van der Waals surface area (Å²) in [5.74, 6) is 0. The minimum Gasteiger partial charge on any atom is -0.374 e. The van der Waals surface area contributed by atoms with Gasteiger partial charge in [-0.2, -0.15) is 31.6 Å². The fourth-order valence-corrected chi connectivity index (χ4v) is 3.37. The number of aryl methyl sites for hydroxylation is 1. The summed E-state index contributed by atoms with van der Waals surface area (Å²) < 4.78 is 81.8. The molecule has 1 aromatic carbocycles. The largest absolute Gasteiger partial charge is 0.435 e. The van der Waals surface area contributed by atoms with Gasteiger partial charge < -0.3 is 4.84 Å². The summed E-state index contributed by atoms with van der Waals surface area (Å²) in [5, 5.41) is 10.8. The molecular weight excluding hydrogens is 459 g/mol. The van der Waals surface area contributed by atoms with Crippen LogP contribution in [0.2, 0.25) is 10.0 Å². The molecule has 0 saturated heterocycles. The van der Waals surface area contributed by atoms with Crippen LogP contribution in [-0.4, -0.2) is 16.9 Å². The van der Waals surface area contributed by atoms with E-state index in [2.05, 4.69) is 10.1 Å². The molecule has 1 atom stereocenters. The number of nitriles is 1. The number of hydrogen-bond acceptors (Lipinski definition) is 4. The normalized spacial score (nSPS) is 19.3. The van der Waals surface area contributed by atoms with Crippen LogP contribution < -0.4 is 0 Å². The second-order valence-electron chi connectivity index (χ2n) is 6.45. The average molecular weight is 468 g/mol. The van der Waals surface area contributed by atoms with Gasteiger partial charge in [0.2, 0.25) is 0 Å². The van der Waals surface area contributed by atoms with Crippen molar-refractivity contribution in [3.05, 3.63) is 62.4 Å². The number of hydrogen-bond donors (Lipinski definition) is 0. The first-order chi connectivity index (χ1) is 13.8. The Bertz CT molecular complexity index is 1090. The van der Waals surface area contributed by atoms with Crippen LogP contribution in [-0.2, 0) is 16.6 Å². The van der Waals surface area contributed by atoms with E-state index < -0.39 is 45.5 Å². The molecule has 0 radical (unpaired) electrons. The number of aromatic nitrogens is 1. The van der Waals surface area contributed by atoms with Gasteiger partial charge in [0.05, 0.1) is 27.7 Å². The molecule has 12 heteroatoms. The summed E-state index contributed by atoms with van der Waals surface area (Å²) in [5.41, 5.74) is -5.24. The van der Waals surface area contributed by atoms with Crippen molar-refractivity contribution in [3.63, 3.8) is 0 Å². The van der Waals surface area contributed by atoms with Gasteiger partial charge >= 0.3 is 12.4 Å². The molecule has 1 aromatic heterocycles. The zero-order chi connectivity index (χ0) is 22.5. The lowest BCUT2D eigenvalue weighted by Crippen LogP contribution is -2.43. The standard InChI is InChI=1S/C18H9Cl2F6N3O/c1-8-2-9(7-28-14(8)6-27)13-5-16(30-29-13,18(24,25)26)10-3-11(17(21,22)23)15(20)12(19)4-10/h2-4,7H,5H2,1H3. The molecule has 30 heavy (non-hydrogen) atoms. The number of halogens is 8. The monoisotopic (exact) mass is 467 g/mol. The Hall–Kier alpha value is -2.51. The zero-order valence-corrected chi connectivity index (χ0v) is 16.3. The molecule has 0 aliphatic carbocycles. The number of alkyl halides is 6. The lowest BCUT2D eigenvalue weighted by molar-refractivity contribution is -0.276. The van der Waals surface area contributed by atoms with E-state index in [0.717, 1.165) is 6.20 Å². The van der Waals surface area contributed by atoms with E-state index >= 15 is 0 Å². The average Bonchev–Trinajstić information content (AvgIpc) is 3.09. The van der Waals surface area contributed by atoms with E-state index in [1.54, 1.807) is 0 Å². The number of oxime groups is 1. The van der Waals surface area contributed by atoms with Crippen molar-refractivity contribution in [2.75, 3.05) is 0 Å². The SMILES string of the molecule is Cc1cc(C2=NOC(c3cc(Cl)c(Cl)c(C(F)(F)F)c3)(C(F)(F)F)C2)cnc1C#N. The highest BCUT2D eigenvalue weighted by atomic mass is 35.5. The van der Waals surface area contributed by atoms with E-state index in [0.29, 0.717) is 11.6 Å². The number of pyridine rings is 1. The number of benzene rings is 1. The van der Waals surface area contributed by atoms with E-state index in [4.69, 9.17) is 33.3 Å². The molecule has 1 aliphatic heterocycles. The van der Waals surface area contributed by atoms with Gasteiger partial charge in [-0.05, 0) is 30.7 Å². The van der Waals surface area contributed by atoms with Crippen molar-refractivity contribution in [3.8, 4) is 6.07 Å². The molecule has 0 bridgehead atoms. The highest BCUT2D eigenvalue weighted by Gasteiger charge is 2.63. The van der Waals surface area contributed by atoms with Crippen LogP contribution in [0.5, 0.6) is 0 Å². The van der Waals surface area contributed by atoms with Gasteiger partial charge in [0.25, 0.3) is 5.60 Å². The van der Waals surface area contributed by atoms with Crippen LogP contribution in [0.4, 0.5) is 26.3 Å². The predicted molar refractivity (Wildman–Crippen MR) is 95.1 cm³/mol. The number of rotatable bonds is 2. The van der Waals surface area contributed by atoms with Crippen LogP contribution in [0.25, 0.3) is 0 Å². The second kappa shape index (κ2) is 7.32. The van der Waals surface area contributed by atoms with Gasteiger partial charge in [0, 0.05) is 17.3 Å². The van der Waals surface area contributed by atoms with Crippen molar-refractivity contribution in [1.29, 1.82) is 5.26 Å². The van der Waals surface area contributed by atoms with Crippen LogP contribution in [0.1, 0.15) is 34.4 Å². The molecule has 2 heterocycles. The van der Waals surface area contributed by atoms with E-state index in [1.807, 2.05) is 6.07 Å². The van der Waals surface area contributed by atoms with Gasteiger partial charge in [0.1, 0.15) is 11.8 Å². The maximum atomic E-state index is 14.0. The Morgan fingerprint density at radius 3 is 2.33 bits per heavy atom. The van der Waals surface area contributed by atoms with Crippen molar-refractivity contribution in [2.45, 2.75) is 31.3 Å². The minimum absolute atomic E-state index is 0.0691. The smallest absolute Gasteiger partial charge is 0.374 e. The van der Waals surface area contributed by atoms with E-state index in [-0.39, 0.29) is 23.0 Å². The predicted octanol–water partition coefficient (Wildman–Crippen LogP) is 6.17. The molecular formula is C18H9Cl2F6N3O. The van der Waals surface area contributed by atoms with Crippen molar-refractivity contribution in [2.24, 2.45) is 5.16 Å². The first-order valence-electron chi connectivity index (χ1n) is 8.06. The highest BCUT2D eigenvalue weighted by molar-refractivity contribution is 6.42. The minimum atomic E-state index is -5.15. The fourth-order valence-electron chi connectivity index (χ4n) is 2.94. The van der Waals surface area contributed by atoms with Crippen molar-refractivity contribution < 1.29 is 31.2 Å². The quantitative estimate of drug-likeness (QED) is 0.496. The molecule has 2 aromatic rings. The molecule has 1 aliphatic rings. The van der Waals surface area contributed by atoms with Gasteiger partial charge in [-0.25, -0.2) is 4.98 Å². The zero-order valence-electron chi connectivity index (χ0n) is 14.8. The van der Waals surface area contributed by atoms with Gasteiger partial charge in [-0.1, -0.05) is 28.4 Å². The van der Waals surface area contributed by atoms with Crippen LogP contribution in [0.15, 0.2) is 29.6 Å². The Morgan fingerprint density at radius 1 is 1.13 bits per heavy atom. The Morgan fingerprint density at radius 2 is 1.80 bits per heavy atom. The Balaban J connectivity index is 2.11. The van der Waals surface area contributed by atoms with Gasteiger partial charge in [-0.15, -0.1) is 0 Å². The van der Waals surface area contributed by atoms with Crippen LogP contribution in [0, 0.1) is 18.3 Å². The lowest BCUT2D eigenvalue weighted by atomic mass is 9.85. The summed E-state index contributed by atoms with van der Waals surface area (Å²) in [4.78, 5) is 8.55. The molecule has 0 N–H and O–H groups in total. The summed E-state index contributed by atoms with van der Waals surface area (Å²) in [6, 6.07) is 4.13. The third-order valence-electron chi connectivity index (χ3n) is 4.50. The summed E-state index contributed by atoms with van der Waals surface area (Å²) in [6.45, 7) is 1.52. The molecule has 0 fully saturated rings. The molecule has 4 nitrogen and oxygen atoms in total. The maximum absolute atomic E-state index is 14.0. The molecule has 0 spiro atoms. The molecule has 3 rings (SSSR count). The third-order valence-corrected chi connectivity index (χ3v) is 5.31. The van der Waals surface area contributed by atoms with Crippen LogP contribution >= 0.6 is 23.2 Å². The van der Waals surface area contributed by atoms with Crippen molar-refractivity contribution >= 4 is 28.9 Å². The summed E-state index contributed by atoms with van der Waals surface area (Å²) >= 11 is 11.2. The topological polar surface area (TPSA) is 58.3 Å². The first-order valence-corrected chi connectivity index (χ1v) is 8.81. The lowest BCUT2D eigenvalue weighted by Gasteiger charge is -2.30. The number of nitrogens with zero attached hydrogens (tertiary/aromatic N) is 3. The Labute approximate surface area is 175 Å². The highest BCUT2D eigenvalue weighted by Crippen LogP contribution is 2.51. The molecule has 0 saturated carbocycles. The maximum Gasteiger partial charge on any atom is 0.435 e. The fraction of sp³-hybridized carbons (Fsp3) is 0.278. The summed E-state index contributed by atoms with van der Waals surface area (Å²) in [6.07, 6.45) is -9.98. The van der Waals surface area contributed by atoms with Crippen molar-refractivity contribution in [1.82, 2.24) is 4.98 Å². The van der Waals surface area contributed by atoms with E-state index in [1.165, 1.54) is 13.0 Å². The molecule has 158 valence electrons. The second-order valence-corrected chi connectivity index (χ2v) is 7.23. The summed E-state index contributed by atoms with van der Waals surface area (Å²) in [7, 11) is 0.